The van der Waals surface area contributed by atoms with E-state index in [-0.39, 0.29) is 13.5 Å². The Balaban J connectivity index is 0. The summed E-state index contributed by atoms with van der Waals surface area (Å²) in [6.45, 7) is 7.04. The molecule has 0 nitrogen and oxygen atoms in total. The predicted octanol–water partition coefficient (Wildman–Crippen LogP) is 2.04. The first-order valence-corrected chi connectivity index (χ1v) is 5.90. The number of hydrogen-bond donors (Lipinski definition) is 0. The van der Waals surface area contributed by atoms with Crippen LogP contribution in [-0.2, 0) is 0 Å². The first-order chi connectivity index (χ1) is 2.77. The van der Waals surface area contributed by atoms with Crippen LogP contribution in [-0.4, -0.2) is 8.80 Å². The van der Waals surface area contributed by atoms with Crippen molar-refractivity contribution < 1.29 is 4.70 Å². The summed E-state index contributed by atoms with van der Waals surface area (Å²) in [5.41, 5.74) is 0. The minimum Gasteiger partial charge on any atom is -0.269 e. The number of halogens is 1. The summed E-state index contributed by atoms with van der Waals surface area (Å²) in [6, 6.07) is 1.51. The minimum absolute atomic E-state index is 0. The van der Waals surface area contributed by atoms with Crippen LogP contribution in [0.15, 0.2) is 0 Å². The molecule has 0 aliphatic heterocycles. The Bertz CT molecular complexity index is 29.3. The largest absolute Gasteiger partial charge is 0.269 e. The smallest absolute Gasteiger partial charge is 0.0305 e. The molecule has 2 heteroatoms. The molecule has 0 saturated carbocycles. The van der Waals surface area contributed by atoms with Gasteiger partial charge in [0.15, 0.2) is 0 Å². The minimum atomic E-state index is -0.171. The van der Waals surface area contributed by atoms with Crippen LogP contribution in [0.3, 0.4) is 0 Å². The van der Waals surface area contributed by atoms with Gasteiger partial charge in [0.2, 0.25) is 0 Å². The Morgan fingerprint density at radius 2 is 1.71 bits per heavy atom. The van der Waals surface area contributed by atoms with Crippen molar-refractivity contribution in [1.82, 2.24) is 0 Å². The van der Waals surface area contributed by atoms with E-state index >= 15 is 0 Å². The lowest BCUT2D eigenvalue weighted by Gasteiger charge is -1.93. The van der Waals surface area contributed by atoms with E-state index in [0.29, 0.717) is 0 Å². The highest BCUT2D eigenvalue weighted by Crippen LogP contribution is 1.92. The van der Waals surface area contributed by atoms with Gasteiger partial charge in [-0.15, -0.1) is 0 Å². The summed E-state index contributed by atoms with van der Waals surface area (Å²) in [7, 11) is -0.171. The van der Waals surface area contributed by atoms with Crippen molar-refractivity contribution in [3.63, 3.8) is 0 Å². The molecule has 0 aromatic heterocycles. The van der Waals surface area contributed by atoms with Crippen molar-refractivity contribution in [1.29, 1.82) is 0 Å². The zero-order chi connectivity index (χ0) is 4.99. The summed E-state index contributed by atoms with van der Waals surface area (Å²) >= 11 is 0. The molecule has 0 spiro atoms. The third-order valence-electron chi connectivity index (χ3n) is 0.866. The molecule has 0 aromatic rings. The van der Waals surface area contributed by atoms with Crippen molar-refractivity contribution in [2.24, 2.45) is 0 Å². The Hall–Kier alpha value is 0.147. The summed E-state index contributed by atoms with van der Waals surface area (Å²) in [6.07, 6.45) is 1.39. The predicted molar refractivity (Wildman–Crippen MR) is 36.5 cm³/mol. The van der Waals surface area contributed by atoms with Gasteiger partial charge in [0.25, 0.3) is 0 Å². The molecule has 0 amide bonds. The Kier molecular flexibility index (Phi) is 8.95. The van der Waals surface area contributed by atoms with Crippen LogP contribution in [0.2, 0.25) is 19.1 Å². The van der Waals surface area contributed by atoms with Gasteiger partial charge < -0.3 is 0 Å². The Labute approximate surface area is 46.9 Å². The second-order valence-corrected chi connectivity index (χ2v) is 5.55. The summed E-state index contributed by atoms with van der Waals surface area (Å²) in [4.78, 5) is 0. The molecule has 7 heavy (non-hydrogen) atoms. The third-order valence-corrected chi connectivity index (χ3v) is 2.60. The van der Waals surface area contributed by atoms with Crippen molar-refractivity contribution in [2.45, 2.75) is 32.5 Å². The summed E-state index contributed by atoms with van der Waals surface area (Å²) in [5, 5.41) is 0. The van der Waals surface area contributed by atoms with Crippen LogP contribution in [0.4, 0.5) is 4.70 Å². The van der Waals surface area contributed by atoms with Gasteiger partial charge in [-0.25, -0.2) is 0 Å². The fourth-order valence-corrected chi connectivity index (χ4v) is 1.73. The van der Waals surface area contributed by atoms with Gasteiger partial charge in [0.1, 0.15) is 0 Å². The average molecular weight is 122 g/mol. The van der Waals surface area contributed by atoms with E-state index in [2.05, 4.69) is 20.0 Å². The highest BCUT2D eigenvalue weighted by molar-refractivity contribution is 6.55. The quantitative estimate of drug-likeness (QED) is 0.492. The molecule has 0 aliphatic carbocycles. The first-order valence-electron chi connectivity index (χ1n) is 2.77. The SMILES string of the molecule is CCC[SiH](C)C.F. The molecule has 0 rings (SSSR count). The monoisotopic (exact) mass is 122 g/mol. The lowest BCUT2D eigenvalue weighted by Crippen LogP contribution is -1.95. The molecule has 46 valence electrons. The molecule has 0 fully saturated rings. The highest BCUT2D eigenvalue weighted by atomic mass is 28.3. The van der Waals surface area contributed by atoms with Crippen LogP contribution in [0.25, 0.3) is 0 Å². The summed E-state index contributed by atoms with van der Waals surface area (Å²) in [5.74, 6) is 0. The lowest BCUT2D eigenvalue weighted by molar-refractivity contribution is 1.06. The second-order valence-electron chi connectivity index (χ2n) is 2.18. The normalized spacial score (nSPS) is 8.57. The topological polar surface area (TPSA) is 0 Å². The molecule has 0 atom stereocenters. The third kappa shape index (κ3) is 10.7. The molecule has 0 saturated heterocycles. The van der Waals surface area contributed by atoms with E-state index in [1.165, 1.54) is 12.5 Å². The van der Waals surface area contributed by atoms with E-state index < -0.39 is 0 Å². The fourth-order valence-electron chi connectivity index (χ4n) is 0.577. The van der Waals surface area contributed by atoms with Crippen LogP contribution in [0.1, 0.15) is 13.3 Å². The van der Waals surface area contributed by atoms with E-state index in [1.54, 1.807) is 0 Å². The second kappa shape index (κ2) is 6.15. The van der Waals surface area contributed by atoms with Crippen LogP contribution in [0, 0.1) is 0 Å². The average Bonchev–Trinajstić information content (AvgIpc) is 1.35. The summed E-state index contributed by atoms with van der Waals surface area (Å²) < 4.78 is 0. The van der Waals surface area contributed by atoms with Crippen molar-refractivity contribution >= 4 is 8.80 Å². The molecule has 0 aliphatic rings. The molecule has 0 unspecified atom stereocenters. The van der Waals surface area contributed by atoms with E-state index in [9.17, 15) is 0 Å². The molecular weight excluding hydrogens is 107 g/mol. The van der Waals surface area contributed by atoms with Gasteiger partial charge in [0.05, 0.1) is 0 Å². The van der Waals surface area contributed by atoms with Gasteiger partial charge >= 0.3 is 0 Å². The maximum atomic E-state index is 2.39. The molecular formula is C5H15FSi. The van der Waals surface area contributed by atoms with Crippen molar-refractivity contribution in [2.75, 3.05) is 0 Å². The Morgan fingerprint density at radius 1 is 1.29 bits per heavy atom. The zero-order valence-electron chi connectivity index (χ0n) is 5.40. The Morgan fingerprint density at radius 3 is 1.71 bits per heavy atom. The van der Waals surface area contributed by atoms with Crippen molar-refractivity contribution in [3.05, 3.63) is 0 Å². The molecule has 0 radical (unpaired) electrons. The van der Waals surface area contributed by atoms with Gasteiger partial charge in [-0.1, -0.05) is 32.5 Å². The van der Waals surface area contributed by atoms with E-state index in [1.807, 2.05) is 0 Å². The van der Waals surface area contributed by atoms with E-state index in [0.717, 1.165) is 0 Å². The van der Waals surface area contributed by atoms with Gasteiger partial charge in [-0.3, -0.25) is 4.70 Å². The van der Waals surface area contributed by atoms with Crippen LogP contribution in [0.5, 0.6) is 0 Å². The molecule has 0 aromatic carbocycles. The fraction of sp³-hybridized carbons (Fsp3) is 1.00. The number of hydrogen-bond acceptors (Lipinski definition) is 0. The molecule has 0 N–H and O–H groups in total. The standard InChI is InChI=1S/C5H14Si.FH/c1-4-5-6(2)3;/h6H,4-5H2,1-3H3;1H. The highest BCUT2D eigenvalue weighted by Gasteiger charge is 1.88. The zero-order valence-corrected chi connectivity index (χ0v) is 6.55. The van der Waals surface area contributed by atoms with Crippen molar-refractivity contribution in [3.8, 4) is 0 Å². The van der Waals surface area contributed by atoms with E-state index in [4.69, 9.17) is 0 Å². The molecule has 0 bridgehead atoms. The maximum absolute atomic E-state index is 2.39. The lowest BCUT2D eigenvalue weighted by atomic mass is 10.6. The van der Waals surface area contributed by atoms with Gasteiger partial charge in [-0.05, 0) is 0 Å². The van der Waals surface area contributed by atoms with Crippen LogP contribution < -0.4 is 0 Å². The maximum Gasteiger partial charge on any atom is 0.0305 e. The molecule has 0 heterocycles. The van der Waals surface area contributed by atoms with Gasteiger partial charge in [0, 0.05) is 8.80 Å². The first kappa shape index (κ1) is 10.2. The number of rotatable bonds is 2. The van der Waals surface area contributed by atoms with Gasteiger partial charge in [-0.2, -0.15) is 0 Å². The van der Waals surface area contributed by atoms with Crippen LogP contribution >= 0.6 is 0 Å².